The van der Waals surface area contributed by atoms with Crippen LogP contribution < -0.4 is 10.7 Å². The fourth-order valence-corrected chi connectivity index (χ4v) is 2.34. The van der Waals surface area contributed by atoms with Gasteiger partial charge >= 0.3 is 6.09 Å². The molecule has 20 heavy (non-hydrogen) atoms. The minimum atomic E-state index is -0.957. The summed E-state index contributed by atoms with van der Waals surface area (Å²) >= 11 is 0. The van der Waals surface area contributed by atoms with Crippen LogP contribution in [0, 0.1) is 0 Å². The molecule has 1 saturated carbocycles. The van der Waals surface area contributed by atoms with E-state index < -0.39 is 17.2 Å². The predicted octanol–water partition coefficient (Wildman–Crippen LogP) is 1.35. The molecule has 0 saturated heterocycles. The lowest BCUT2D eigenvalue weighted by molar-refractivity contribution is -0.197. The van der Waals surface area contributed by atoms with Crippen LogP contribution in [0.4, 0.5) is 4.79 Å². The minimum Gasteiger partial charge on any atom is -0.444 e. The molecule has 1 rings (SSSR count). The van der Waals surface area contributed by atoms with Gasteiger partial charge < -0.3 is 10.1 Å². The average molecular weight is 287 g/mol. The Morgan fingerprint density at radius 1 is 1.20 bits per heavy atom. The van der Waals surface area contributed by atoms with Gasteiger partial charge in [0.15, 0.2) is 0 Å². The maximum atomic E-state index is 12.5. The number of nitrogens with zero attached hydrogens (tertiary/aromatic N) is 1. The number of alkyl carbamates (subject to hydrolysis) is 1. The lowest BCUT2D eigenvalue weighted by Crippen LogP contribution is -2.60. The van der Waals surface area contributed by atoms with Crippen molar-refractivity contribution in [1.82, 2.24) is 15.9 Å². The van der Waals surface area contributed by atoms with E-state index in [1.807, 2.05) is 0 Å². The molecule has 0 bridgehead atoms. The van der Waals surface area contributed by atoms with Crippen LogP contribution in [0.25, 0.3) is 0 Å². The number of hydrogen-bond donors (Lipinski definition) is 2. The Balaban J connectivity index is 2.82. The molecule has 116 valence electrons. The highest BCUT2D eigenvalue weighted by molar-refractivity contribution is 5.89. The van der Waals surface area contributed by atoms with E-state index in [1.54, 1.807) is 27.8 Å². The molecule has 0 heterocycles. The first-order chi connectivity index (χ1) is 9.24. The lowest BCUT2D eigenvalue weighted by atomic mass is 9.97. The van der Waals surface area contributed by atoms with E-state index in [2.05, 4.69) is 10.7 Å². The van der Waals surface area contributed by atoms with Crippen molar-refractivity contribution in [2.75, 3.05) is 14.2 Å². The number of amides is 2. The van der Waals surface area contributed by atoms with Gasteiger partial charge in [0.25, 0.3) is 5.91 Å². The van der Waals surface area contributed by atoms with E-state index in [1.165, 1.54) is 7.11 Å². The third-order valence-corrected chi connectivity index (χ3v) is 3.18. The maximum Gasteiger partial charge on any atom is 0.408 e. The third kappa shape index (κ3) is 4.08. The van der Waals surface area contributed by atoms with Crippen molar-refractivity contribution in [2.24, 2.45) is 0 Å². The van der Waals surface area contributed by atoms with Gasteiger partial charge in [-0.25, -0.2) is 10.2 Å². The monoisotopic (exact) mass is 287 g/mol. The standard InChI is InChI=1S/C13H25N3O4/c1-12(2,3)20-11(18)15-13(8-6-7-9-13)10(17)16(14-4)19-5/h14H,6-9H2,1-5H3,(H,15,18). The Bertz CT molecular complexity index is 355. The van der Waals surface area contributed by atoms with Crippen LogP contribution in [-0.2, 0) is 14.4 Å². The van der Waals surface area contributed by atoms with Crippen LogP contribution in [0.5, 0.6) is 0 Å². The molecule has 0 aromatic rings. The summed E-state index contributed by atoms with van der Waals surface area (Å²) in [5, 5.41) is 3.76. The molecule has 0 aromatic carbocycles. The van der Waals surface area contributed by atoms with Crippen molar-refractivity contribution < 1.29 is 19.2 Å². The summed E-state index contributed by atoms with van der Waals surface area (Å²) in [6, 6.07) is 0. The fourth-order valence-electron chi connectivity index (χ4n) is 2.34. The van der Waals surface area contributed by atoms with Gasteiger partial charge in [0.05, 0.1) is 7.11 Å². The Morgan fingerprint density at radius 2 is 1.75 bits per heavy atom. The second-order valence-corrected chi connectivity index (χ2v) is 5.92. The Hall–Kier alpha value is -1.34. The highest BCUT2D eigenvalue weighted by Crippen LogP contribution is 2.31. The molecule has 0 atom stereocenters. The van der Waals surface area contributed by atoms with Gasteiger partial charge in [-0.1, -0.05) is 12.8 Å². The zero-order chi connectivity index (χ0) is 15.4. The minimum absolute atomic E-state index is 0.314. The van der Waals surface area contributed by atoms with Crippen molar-refractivity contribution in [3.63, 3.8) is 0 Å². The van der Waals surface area contributed by atoms with Gasteiger partial charge in [-0.2, -0.15) is 0 Å². The zero-order valence-electron chi connectivity index (χ0n) is 12.9. The number of rotatable bonds is 4. The van der Waals surface area contributed by atoms with Gasteiger partial charge in [0.1, 0.15) is 11.1 Å². The van der Waals surface area contributed by atoms with Gasteiger partial charge in [-0.3, -0.25) is 9.63 Å². The number of ether oxygens (including phenoxy) is 1. The molecule has 0 aromatic heterocycles. The summed E-state index contributed by atoms with van der Waals surface area (Å²) in [5.41, 5.74) is 1.09. The molecule has 1 aliphatic rings. The first-order valence-electron chi connectivity index (χ1n) is 6.81. The first kappa shape index (κ1) is 16.7. The summed E-state index contributed by atoms with van der Waals surface area (Å²) in [6.07, 6.45) is 2.32. The van der Waals surface area contributed by atoms with Crippen molar-refractivity contribution in [3.05, 3.63) is 0 Å². The normalized spacial score (nSPS) is 17.6. The quantitative estimate of drug-likeness (QED) is 0.763. The molecule has 2 N–H and O–H groups in total. The third-order valence-electron chi connectivity index (χ3n) is 3.18. The average Bonchev–Trinajstić information content (AvgIpc) is 2.77. The van der Waals surface area contributed by atoms with Crippen LogP contribution in [-0.4, -0.2) is 42.5 Å². The van der Waals surface area contributed by atoms with Crippen LogP contribution in [0.1, 0.15) is 46.5 Å². The van der Waals surface area contributed by atoms with E-state index in [0.29, 0.717) is 12.8 Å². The molecule has 0 aliphatic heterocycles. The number of carbonyl (C=O) groups excluding carboxylic acids is 2. The van der Waals surface area contributed by atoms with Crippen molar-refractivity contribution in [3.8, 4) is 0 Å². The summed E-state index contributed by atoms with van der Waals surface area (Å²) < 4.78 is 5.24. The number of hydroxylamine groups is 1. The summed E-state index contributed by atoms with van der Waals surface area (Å²) in [6.45, 7) is 5.35. The molecule has 7 nitrogen and oxygen atoms in total. The number of nitrogens with one attached hydrogen (secondary N) is 2. The van der Waals surface area contributed by atoms with Gasteiger partial charge in [-0.05, 0) is 33.6 Å². The number of hydrogen-bond acceptors (Lipinski definition) is 5. The molecular formula is C13H25N3O4. The maximum absolute atomic E-state index is 12.5. The van der Waals surface area contributed by atoms with Crippen LogP contribution in [0.15, 0.2) is 0 Å². The molecule has 1 fully saturated rings. The first-order valence-corrected chi connectivity index (χ1v) is 6.81. The van der Waals surface area contributed by atoms with Crippen LogP contribution in [0.3, 0.4) is 0 Å². The molecular weight excluding hydrogens is 262 g/mol. The topological polar surface area (TPSA) is 79.9 Å². The van der Waals surface area contributed by atoms with E-state index >= 15 is 0 Å². The molecule has 0 spiro atoms. The molecule has 2 amide bonds. The second-order valence-electron chi connectivity index (χ2n) is 5.92. The smallest absolute Gasteiger partial charge is 0.408 e. The van der Waals surface area contributed by atoms with Crippen molar-refractivity contribution in [2.45, 2.75) is 57.6 Å². The van der Waals surface area contributed by atoms with Crippen LogP contribution in [0.2, 0.25) is 0 Å². The van der Waals surface area contributed by atoms with Gasteiger partial charge in [0.2, 0.25) is 0 Å². The Labute approximate surface area is 119 Å². The van der Waals surface area contributed by atoms with E-state index in [9.17, 15) is 9.59 Å². The number of hydrazine groups is 1. The van der Waals surface area contributed by atoms with Gasteiger partial charge in [0, 0.05) is 7.05 Å². The largest absolute Gasteiger partial charge is 0.444 e. The van der Waals surface area contributed by atoms with Crippen molar-refractivity contribution in [1.29, 1.82) is 0 Å². The summed E-state index contributed by atoms with van der Waals surface area (Å²) in [5.74, 6) is -0.314. The highest BCUT2D eigenvalue weighted by atomic mass is 16.7. The highest BCUT2D eigenvalue weighted by Gasteiger charge is 2.46. The van der Waals surface area contributed by atoms with E-state index in [0.717, 1.165) is 18.0 Å². The molecule has 7 heteroatoms. The molecule has 0 radical (unpaired) electrons. The van der Waals surface area contributed by atoms with E-state index in [4.69, 9.17) is 9.57 Å². The predicted molar refractivity (Wildman–Crippen MR) is 73.5 cm³/mol. The molecule has 0 unspecified atom stereocenters. The molecule has 1 aliphatic carbocycles. The summed E-state index contributed by atoms with van der Waals surface area (Å²) in [7, 11) is 2.97. The Morgan fingerprint density at radius 3 is 2.15 bits per heavy atom. The number of carbonyl (C=O) groups is 2. The Kier molecular flexibility index (Phi) is 5.35. The van der Waals surface area contributed by atoms with Crippen molar-refractivity contribution >= 4 is 12.0 Å². The SMILES string of the molecule is CNN(OC)C(=O)C1(NC(=O)OC(C)(C)C)CCCC1. The fraction of sp³-hybridized carbons (Fsp3) is 0.846. The zero-order valence-corrected chi connectivity index (χ0v) is 12.9. The second kappa shape index (κ2) is 6.41. The summed E-state index contributed by atoms with van der Waals surface area (Å²) in [4.78, 5) is 29.4. The van der Waals surface area contributed by atoms with E-state index in [-0.39, 0.29) is 5.91 Å². The van der Waals surface area contributed by atoms with Gasteiger partial charge in [-0.15, -0.1) is 5.17 Å². The lowest BCUT2D eigenvalue weighted by Gasteiger charge is -2.33. The van der Waals surface area contributed by atoms with Crippen LogP contribution >= 0.6 is 0 Å².